The van der Waals surface area contributed by atoms with E-state index in [9.17, 15) is 0 Å². The van der Waals surface area contributed by atoms with Gasteiger partial charge in [0.2, 0.25) is 0 Å². The zero-order valence-electron chi connectivity index (χ0n) is 14.1. The largest absolute Gasteiger partial charge is 0.366 e. The Balaban J connectivity index is 1.60. The zero-order chi connectivity index (χ0) is 16.8. The van der Waals surface area contributed by atoms with Crippen LogP contribution in [0.3, 0.4) is 0 Å². The van der Waals surface area contributed by atoms with Crippen molar-refractivity contribution in [2.45, 2.75) is 26.9 Å². The number of anilines is 2. The highest BCUT2D eigenvalue weighted by molar-refractivity contribution is 5.47. The van der Waals surface area contributed by atoms with Crippen molar-refractivity contribution in [3.05, 3.63) is 83.2 Å². The molecule has 4 nitrogen and oxygen atoms in total. The molecule has 0 unspecified atom stereocenters. The highest BCUT2D eigenvalue weighted by Gasteiger charge is 2.01. The van der Waals surface area contributed by atoms with E-state index in [-0.39, 0.29) is 0 Å². The van der Waals surface area contributed by atoms with E-state index in [0.29, 0.717) is 0 Å². The molecule has 3 aromatic rings. The van der Waals surface area contributed by atoms with Crippen LogP contribution in [0.4, 0.5) is 11.6 Å². The third-order valence-electron chi connectivity index (χ3n) is 3.94. The molecular formula is C20H22N4. The van der Waals surface area contributed by atoms with Gasteiger partial charge in [0.1, 0.15) is 18.0 Å². The van der Waals surface area contributed by atoms with Crippen LogP contribution in [0.5, 0.6) is 0 Å². The molecule has 0 fully saturated rings. The van der Waals surface area contributed by atoms with Crippen molar-refractivity contribution in [2.75, 3.05) is 10.6 Å². The van der Waals surface area contributed by atoms with Gasteiger partial charge in [-0.15, -0.1) is 0 Å². The minimum Gasteiger partial charge on any atom is -0.366 e. The summed E-state index contributed by atoms with van der Waals surface area (Å²) in [4.78, 5) is 8.58. The summed E-state index contributed by atoms with van der Waals surface area (Å²) in [6.07, 6.45) is 1.58. The van der Waals surface area contributed by atoms with Gasteiger partial charge in [-0.3, -0.25) is 0 Å². The molecule has 0 aliphatic rings. The fraction of sp³-hybridized carbons (Fsp3) is 0.200. The van der Waals surface area contributed by atoms with E-state index in [2.05, 4.69) is 83.0 Å². The Morgan fingerprint density at radius 1 is 0.792 bits per heavy atom. The van der Waals surface area contributed by atoms with Crippen LogP contribution in [0.25, 0.3) is 0 Å². The Hall–Kier alpha value is -2.88. The molecule has 122 valence electrons. The number of hydrogen-bond donors (Lipinski definition) is 2. The second-order valence-corrected chi connectivity index (χ2v) is 5.91. The monoisotopic (exact) mass is 318 g/mol. The molecule has 24 heavy (non-hydrogen) atoms. The Morgan fingerprint density at radius 3 is 2.29 bits per heavy atom. The maximum absolute atomic E-state index is 4.29. The fourth-order valence-corrected chi connectivity index (χ4v) is 2.56. The molecule has 1 heterocycles. The number of hydrogen-bond acceptors (Lipinski definition) is 4. The van der Waals surface area contributed by atoms with Crippen LogP contribution in [-0.4, -0.2) is 9.97 Å². The first-order chi connectivity index (χ1) is 11.7. The third-order valence-corrected chi connectivity index (χ3v) is 3.94. The fourth-order valence-electron chi connectivity index (χ4n) is 2.56. The molecule has 3 rings (SSSR count). The first kappa shape index (κ1) is 16.0. The number of nitrogens with one attached hydrogen (secondary N) is 2. The van der Waals surface area contributed by atoms with Gasteiger partial charge in [-0.2, -0.15) is 0 Å². The van der Waals surface area contributed by atoms with Crippen molar-refractivity contribution in [3.8, 4) is 0 Å². The van der Waals surface area contributed by atoms with Crippen molar-refractivity contribution in [1.29, 1.82) is 0 Å². The molecule has 1 aromatic heterocycles. The Bertz CT molecular complexity index is 814. The maximum Gasteiger partial charge on any atom is 0.131 e. The smallest absolute Gasteiger partial charge is 0.131 e. The summed E-state index contributed by atoms with van der Waals surface area (Å²) in [5.41, 5.74) is 5.04. The Labute approximate surface area is 143 Å². The lowest BCUT2D eigenvalue weighted by molar-refractivity contribution is 1.05. The van der Waals surface area contributed by atoms with E-state index >= 15 is 0 Å². The van der Waals surface area contributed by atoms with Crippen LogP contribution in [0.15, 0.2) is 60.9 Å². The van der Waals surface area contributed by atoms with Gasteiger partial charge in [0, 0.05) is 19.2 Å². The predicted molar refractivity (Wildman–Crippen MR) is 99.0 cm³/mol. The average molecular weight is 318 g/mol. The third kappa shape index (κ3) is 4.32. The van der Waals surface area contributed by atoms with Gasteiger partial charge in [-0.1, -0.05) is 54.1 Å². The Kier molecular flexibility index (Phi) is 5.06. The highest BCUT2D eigenvalue weighted by Crippen LogP contribution is 2.13. The molecule has 4 heteroatoms. The van der Waals surface area contributed by atoms with E-state index in [1.165, 1.54) is 22.3 Å². The topological polar surface area (TPSA) is 49.8 Å². The summed E-state index contributed by atoms with van der Waals surface area (Å²) in [5, 5.41) is 6.71. The first-order valence-corrected chi connectivity index (χ1v) is 8.10. The van der Waals surface area contributed by atoms with E-state index in [0.717, 1.165) is 24.7 Å². The van der Waals surface area contributed by atoms with E-state index in [1.54, 1.807) is 6.33 Å². The second-order valence-electron chi connectivity index (χ2n) is 5.91. The number of aryl methyl sites for hydroxylation is 2. The summed E-state index contributed by atoms with van der Waals surface area (Å²) < 4.78 is 0. The molecule has 2 N–H and O–H groups in total. The minimum atomic E-state index is 0.746. The van der Waals surface area contributed by atoms with Crippen molar-refractivity contribution < 1.29 is 0 Å². The molecule has 0 radical (unpaired) electrons. The standard InChI is InChI=1S/C20H22N4/c1-15-6-5-8-17(10-15)12-21-19-11-20(24-14-23-19)22-13-18-9-4-3-7-16(18)2/h3-11,14H,12-13H2,1-2H3,(H2,21,22,23,24). The molecule has 0 amide bonds. The van der Waals surface area contributed by atoms with Crippen molar-refractivity contribution >= 4 is 11.6 Å². The summed E-state index contributed by atoms with van der Waals surface area (Å²) in [6.45, 7) is 5.71. The van der Waals surface area contributed by atoms with Gasteiger partial charge in [-0.05, 0) is 30.5 Å². The molecule has 0 saturated heterocycles. The van der Waals surface area contributed by atoms with Crippen LogP contribution in [0, 0.1) is 13.8 Å². The van der Waals surface area contributed by atoms with E-state index in [1.807, 2.05) is 6.07 Å². The van der Waals surface area contributed by atoms with Gasteiger partial charge < -0.3 is 10.6 Å². The van der Waals surface area contributed by atoms with Crippen molar-refractivity contribution in [3.63, 3.8) is 0 Å². The van der Waals surface area contributed by atoms with Crippen LogP contribution in [-0.2, 0) is 13.1 Å². The van der Waals surface area contributed by atoms with Crippen molar-refractivity contribution in [2.24, 2.45) is 0 Å². The molecule has 0 aliphatic carbocycles. The van der Waals surface area contributed by atoms with Gasteiger partial charge in [0.25, 0.3) is 0 Å². The number of benzene rings is 2. The molecule has 0 bridgehead atoms. The average Bonchev–Trinajstić information content (AvgIpc) is 2.60. The lowest BCUT2D eigenvalue weighted by Gasteiger charge is -2.10. The van der Waals surface area contributed by atoms with Gasteiger partial charge in [0.05, 0.1) is 0 Å². The quantitative estimate of drug-likeness (QED) is 0.711. The maximum atomic E-state index is 4.29. The summed E-state index contributed by atoms with van der Waals surface area (Å²) in [5.74, 6) is 1.64. The number of rotatable bonds is 6. The van der Waals surface area contributed by atoms with Crippen LogP contribution < -0.4 is 10.6 Å². The number of nitrogens with zero attached hydrogens (tertiary/aromatic N) is 2. The van der Waals surface area contributed by atoms with Gasteiger partial charge in [-0.25, -0.2) is 9.97 Å². The van der Waals surface area contributed by atoms with E-state index in [4.69, 9.17) is 0 Å². The van der Waals surface area contributed by atoms with Crippen molar-refractivity contribution in [1.82, 2.24) is 9.97 Å². The predicted octanol–water partition coefficient (Wildman–Crippen LogP) is 4.32. The van der Waals surface area contributed by atoms with Crippen LogP contribution in [0.1, 0.15) is 22.3 Å². The second kappa shape index (κ2) is 7.59. The van der Waals surface area contributed by atoms with Gasteiger partial charge in [0.15, 0.2) is 0 Å². The van der Waals surface area contributed by atoms with E-state index < -0.39 is 0 Å². The lowest BCUT2D eigenvalue weighted by Crippen LogP contribution is -2.06. The molecule has 0 saturated carbocycles. The van der Waals surface area contributed by atoms with Gasteiger partial charge >= 0.3 is 0 Å². The lowest BCUT2D eigenvalue weighted by atomic mass is 10.1. The summed E-state index contributed by atoms with van der Waals surface area (Å²) in [6, 6.07) is 18.7. The molecule has 0 aliphatic heterocycles. The van der Waals surface area contributed by atoms with Crippen LogP contribution >= 0.6 is 0 Å². The molecule has 0 spiro atoms. The Morgan fingerprint density at radius 2 is 1.54 bits per heavy atom. The molecular weight excluding hydrogens is 296 g/mol. The molecule has 0 atom stereocenters. The molecule has 2 aromatic carbocycles. The summed E-state index contributed by atoms with van der Waals surface area (Å²) >= 11 is 0. The van der Waals surface area contributed by atoms with Crippen LogP contribution in [0.2, 0.25) is 0 Å². The number of aromatic nitrogens is 2. The normalized spacial score (nSPS) is 10.4. The zero-order valence-corrected chi connectivity index (χ0v) is 14.1. The first-order valence-electron chi connectivity index (χ1n) is 8.10. The SMILES string of the molecule is Cc1cccc(CNc2cc(NCc3ccccc3C)ncn2)c1. The summed E-state index contributed by atoms with van der Waals surface area (Å²) in [7, 11) is 0. The highest BCUT2D eigenvalue weighted by atomic mass is 15.1. The minimum absolute atomic E-state index is 0.746.